The molecule has 1 aliphatic heterocycles. The zero-order chi connectivity index (χ0) is 16.2. The summed E-state index contributed by atoms with van der Waals surface area (Å²) in [7, 11) is 0. The summed E-state index contributed by atoms with van der Waals surface area (Å²) in [6.07, 6.45) is 5.21. The van der Waals surface area contributed by atoms with E-state index in [1.807, 2.05) is 6.92 Å². The lowest BCUT2D eigenvalue weighted by atomic mass is 9.90. The zero-order valence-corrected chi connectivity index (χ0v) is 14.5. The molecule has 1 aliphatic carbocycles. The Hall–Kier alpha value is -0.980. The van der Waals surface area contributed by atoms with Crippen LogP contribution in [0.3, 0.4) is 0 Å². The van der Waals surface area contributed by atoms with E-state index < -0.39 is 0 Å². The molecule has 0 aromatic carbocycles. The van der Waals surface area contributed by atoms with Crippen molar-refractivity contribution in [2.45, 2.75) is 71.2 Å². The molecular weight excluding hydrogens is 294 g/mol. The summed E-state index contributed by atoms with van der Waals surface area (Å²) in [5.74, 6) is 1.83. The van der Waals surface area contributed by atoms with E-state index in [2.05, 4.69) is 28.9 Å². The van der Waals surface area contributed by atoms with E-state index in [1.165, 1.54) is 25.7 Å². The molecular formula is C17H29N3O3. The molecule has 0 radical (unpaired) electrons. The maximum Gasteiger partial charge on any atom is 0.240 e. The maximum absolute atomic E-state index is 5.92. The Morgan fingerprint density at radius 2 is 2.09 bits per heavy atom. The van der Waals surface area contributed by atoms with Crippen LogP contribution in [-0.4, -0.2) is 46.9 Å². The highest BCUT2D eigenvalue weighted by atomic mass is 16.5. The lowest BCUT2D eigenvalue weighted by Gasteiger charge is -2.43. The maximum atomic E-state index is 5.92. The summed E-state index contributed by atoms with van der Waals surface area (Å²) in [6, 6.07) is 0.502. The van der Waals surface area contributed by atoms with E-state index >= 15 is 0 Å². The van der Waals surface area contributed by atoms with Crippen LogP contribution in [0.1, 0.15) is 64.3 Å². The Kier molecular flexibility index (Phi) is 5.67. The molecule has 130 valence electrons. The molecule has 0 amide bonds. The molecule has 1 saturated carbocycles. The van der Waals surface area contributed by atoms with Crippen molar-refractivity contribution in [1.82, 2.24) is 15.0 Å². The molecule has 0 bridgehead atoms. The molecule has 2 fully saturated rings. The average Bonchev–Trinajstić information content (AvgIpc) is 3.01. The van der Waals surface area contributed by atoms with Gasteiger partial charge in [-0.25, -0.2) is 0 Å². The summed E-state index contributed by atoms with van der Waals surface area (Å²) in [4.78, 5) is 6.98. The summed E-state index contributed by atoms with van der Waals surface area (Å²) in [6.45, 7) is 9.41. The summed E-state index contributed by atoms with van der Waals surface area (Å²) >= 11 is 0. The second-order valence-corrected chi connectivity index (χ2v) is 7.15. The summed E-state index contributed by atoms with van der Waals surface area (Å²) < 4.78 is 17.1. The highest BCUT2D eigenvalue weighted by Gasteiger charge is 2.34. The molecule has 23 heavy (non-hydrogen) atoms. The first-order valence-corrected chi connectivity index (χ1v) is 8.93. The highest BCUT2D eigenvalue weighted by molar-refractivity contribution is 4.93. The molecule has 1 saturated heterocycles. The molecule has 3 atom stereocenters. The highest BCUT2D eigenvalue weighted by Crippen LogP contribution is 2.29. The standard InChI is InChI=1S/C17H29N3O3/c1-12(2)11-22-13(3)17-18-16(23-19-17)10-20-8-9-21-15-7-5-4-6-14(15)20/h12-15H,4-11H2,1-3H3. The third-order valence-corrected chi connectivity index (χ3v) is 4.71. The van der Waals surface area contributed by atoms with Crippen LogP contribution in [0.2, 0.25) is 0 Å². The molecule has 2 aliphatic rings. The lowest BCUT2D eigenvalue weighted by molar-refractivity contribution is -0.0933. The number of hydrogen-bond donors (Lipinski definition) is 0. The van der Waals surface area contributed by atoms with Crippen LogP contribution < -0.4 is 0 Å². The molecule has 1 aromatic heterocycles. The number of nitrogens with zero attached hydrogens (tertiary/aromatic N) is 3. The first-order chi connectivity index (χ1) is 11.1. The van der Waals surface area contributed by atoms with Gasteiger partial charge >= 0.3 is 0 Å². The van der Waals surface area contributed by atoms with E-state index in [1.54, 1.807) is 0 Å². The minimum absolute atomic E-state index is 0.123. The van der Waals surface area contributed by atoms with Crippen molar-refractivity contribution >= 4 is 0 Å². The van der Waals surface area contributed by atoms with Gasteiger partial charge in [-0.2, -0.15) is 4.98 Å². The van der Waals surface area contributed by atoms with Crippen molar-refractivity contribution in [2.75, 3.05) is 19.8 Å². The van der Waals surface area contributed by atoms with Crippen LogP contribution in [0.25, 0.3) is 0 Å². The van der Waals surface area contributed by atoms with Crippen LogP contribution in [0.15, 0.2) is 4.52 Å². The molecule has 0 spiro atoms. The van der Waals surface area contributed by atoms with Gasteiger partial charge in [0.25, 0.3) is 0 Å². The van der Waals surface area contributed by atoms with Gasteiger partial charge in [-0.05, 0) is 25.7 Å². The zero-order valence-electron chi connectivity index (χ0n) is 14.5. The monoisotopic (exact) mass is 323 g/mol. The fourth-order valence-electron chi connectivity index (χ4n) is 3.46. The van der Waals surface area contributed by atoms with Gasteiger partial charge in [0.2, 0.25) is 5.89 Å². The van der Waals surface area contributed by atoms with Gasteiger partial charge in [-0.1, -0.05) is 31.8 Å². The summed E-state index contributed by atoms with van der Waals surface area (Å²) in [5.41, 5.74) is 0. The molecule has 3 rings (SSSR count). The largest absolute Gasteiger partial charge is 0.375 e. The Balaban J connectivity index is 1.57. The number of rotatable bonds is 6. The normalized spacial score (nSPS) is 27.1. The number of hydrogen-bond acceptors (Lipinski definition) is 6. The first-order valence-electron chi connectivity index (χ1n) is 8.93. The van der Waals surface area contributed by atoms with Crippen LogP contribution in [0.5, 0.6) is 0 Å². The van der Waals surface area contributed by atoms with Crippen molar-refractivity contribution in [2.24, 2.45) is 5.92 Å². The third-order valence-electron chi connectivity index (χ3n) is 4.71. The van der Waals surface area contributed by atoms with E-state index in [9.17, 15) is 0 Å². The fourth-order valence-corrected chi connectivity index (χ4v) is 3.46. The Labute approximate surface area is 138 Å². The van der Waals surface area contributed by atoms with Crippen LogP contribution in [0.4, 0.5) is 0 Å². The van der Waals surface area contributed by atoms with Crippen LogP contribution in [0, 0.1) is 5.92 Å². The smallest absolute Gasteiger partial charge is 0.240 e. The Morgan fingerprint density at radius 1 is 1.26 bits per heavy atom. The van der Waals surface area contributed by atoms with Crippen molar-refractivity contribution in [3.05, 3.63) is 11.7 Å². The average molecular weight is 323 g/mol. The second-order valence-electron chi connectivity index (χ2n) is 7.15. The minimum atomic E-state index is -0.123. The molecule has 3 unspecified atom stereocenters. The summed E-state index contributed by atoms with van der Waals surface area (Å²) in [5, 5.41) is 4.09. The molecule has 2 heterocycles. The second kappa shape index (κ2) is 7.73. The number of fused-ring (bicyclic) bond motifs is 1. The molecule has 1 aromatic rings. The van der Waals surface area contributed by atoms with Crippen LogP contribution in [-0.2, 0) is 16.0 Å². The number of aromatic nitrogens is 2. The van der Waals surface area contributed by atoms with Gasteiger partial charge in [-0.3, -0.25) is 4.90 Å². The van der Waals surface area contributed by atoms with Gasteiger partial charge in [0.15, 0.2) is 5.82 Å². The van der Waals surface area contributed by atoms with E-state index in [4.69, 9.17) is 14.0 Å². The van der Waals surface area contributed by atoms with Crippen molar-refractivity contribution < 1.29 is 14.0 Å². The lowest BCUT2D eigenvalue weighted by Crippen LogP contribution is -2.52. The fraction of sp³-hybridized carbons (Fsp3) is 0.882. The van der Waals surface area contributed by atoms with Crippen molar-refractivity contribution in [1.29, 1.82) is 0 Å². The number of morpholine rings is 1. The van der Waals surface area contributed by atoms with Crippen LogP contribution >= 0.6 is 0 Å². The van der Waals surface area contributed by atoms with Gasteiger partial charge in [0, 0.05) is 19.2 Å². The molecule has 6 heteroatoms. The Bertz CT molecular complexity index is 489. The van der Waals surface area contributed by atoms with Gasteiger partial charge in [0.05, 0.1) is 19.3 Å². The topological polar surface area (TPSA) is 60.6 Å². The van der Waals surface area contributed by atoms with Gasteiger partial charge in [-0.15, -0.1) is 0 Å². The Morgan fingerprint density at radius 3 is 2.91 bits per heavy atom. The predicted molar refractivity (Wildman–Crippen MR) is 85.9 cm³/mol. The van der Waals surface area contributed by atoms with E-state index in [-0.39, 0.29) is 6.10 Å². The van der Waals surface area contributed by atoms with E-state index in [0.29, 0.717) is 42.9 Å². The van der Waals surface area contributed by atoms with E-state index in [0.717, 1.165) is 13.2 Å². The molecule has 0 N–H and O–H groups in total. The van der Waals surface area contributed by atoms with Crippen molar-refractivity contribution in [3.63, 3.8) is 0 Å². The predicted octanol–water partition coefficient (Wildman–Crippen LogP) is 2.95. The van der Waals surface area contributed by atoms with Crippen molar-refractivity contribution in [3.8, 4) is 0 Å². The first kappa shape index (κ1) is 16.9. The SMILES string of the molecule is CC(C)COC(C)c1noc(CN2CCOC3CCCCC32)n1. The quantitative estimate of drug-likeness (QED) is 0.802. The third kappa shape index (κ3) is 4.31. The van der Waals surface area contributed by atoms with Gasteiger partial charge < -0.3 is 14.0 Å². The minimum Gasteiger partial charge on any atom is -0.375 e. The number of ether oxygens (including phenoxy) is 2. The molecule has 6 nitrogen and oxygen atoms in total. The van der Waals surface area contributed by atoms with Gasteiger partial charge in [0.1, 0.15) is 6.10 Å².